The van der Waals surface area contributed by atoms with Crippen molar-refractivity contribution in [1.29, 1.82) is 0 Å². The summed E-state index contributed by atoms with van der Waals surface area (Å²) in [6, 6.07) is 12.0. The molecule has 9 heteroatoms. The normalized spacial score (nSPS) is 11.4. The lowest BCUT2D eigenvalue weighted by Gasteiger charge is -2.10. The largest absolute Gasteiger partial charge is 0.393 e. The van der Waals surface area contributed by atoms with Crippen molar-refractivity contribution in [2.45, 2.75) is 26.2 Å². The molecule has 0 aliphatic heterocycles. The van der Waals surface area contributed by atoms with Crippen LogP contribution in [0.5, 0.6) is 0 Å². The van der Waals surface area contributed by atoms with Crippen molar-refractivity contribution in [3.8, 4) is 0 Å². The van der Waals surface area contributed by atoms with Gasteiger partial charge in [0.2, 0.25) is 0 Å². The molecule has 0 amide bonds. The summed E-state index contributed by atoms with van der Waals surface area (Å²) in [4.78, 5) is 58.6. The maximum atomic E-state index is 12.3. The lowest BCUT2D eigenvalue weighted by atomic mass is 9.96. The number of halogens is 1. The van der Waals surface area contributed by atoms with E-state index in [4.69, 9.17) is 0 Å². The topological polar surface area (TPSA) is 121 Å². The second-order valence-electron chi connectivity index (χ2n) is 6.52. The fourth-order valence-electron chi connectivity index (χ4n) is 2.68. The molecule has 2 rings (SSSR count). The van der Waals surface area contributed by atoms with Gasteiger partial charge in [0, 0.05) is 28.4 Å². The van der Waals surface area contributed by atoms with Gasteiger partial charge in [0.25, 0.3) is 5.69 Å². The fourth-order valence-corrected chi connectivity index (χ4v) is 2.94. The quantitative estimate of drug-likeness (QED) is 0.174. The third kappa shape index (κ3) is 6.41. The minimum absolute atomic E-state index is 0.115. The first kappa shape index (κ1) is 23.1. The molecule has 0 N–H and O–H groups in total. The van der Waals surface area contributed by atoms with E-state index in [1.165, 1.54) is 24.3 Å². The van der Waals surface area contributed by atoms with Crippen molar-refractivity contribution in [3.05, 3.63) is 74.2 Å². The van der Waals surface area contributed by atoms with Gasteiger partial charge in [-0.2, -0.15) is 0 Å². The zero-order valence-electron chi connectivity index (χ0n) is 16.0. The number of carbonyl (C=O) groups excluding carboxylic acids is 4. The summed E-state index contributed by atoms with van der Waals surface area (Å²) in [5.74, 6) is -3.38. The number of Topliss-reactive ketones (excluding diaryl/α,β-unsaturated/α-hetero) is 2. The SMILES string of the molecule is CC(CC(=O)OC(=O)CCC(=O)c1ccccc1[N+](=O)[O-])C(=O)c1ccc(Br)cc1. The Morgan fingerprint density at radius 2 is 1.63 bits per heavy atom. The molecule has 0 aromatic heterocycles. The van der Waals surface area contributed by atoms with Crippen LogP contribution in [-0.4, -0.2) is 28.4 Å². The van der Waals surface area contributed by atoms with Crippen LogP contribution in [0.1, 0.15) is 46.9 Å². The highest BCUT2D eigenvalue weighted by atomic mass is 79.9. The zero-order valence-corrected chi connectivity index (χ0v) is 17.6. The Balaban J connectivity index is 1.85. The summed E-state index contributed by atoms with van der Waals surface area (Å²) in [7, 11) is 0. The number of benzene rings is 2. The number of hydrogen-bond acceptors (Lipinski definition) is 7. The average Bonchev–Trinajstić information content (AvgIpc) is 2.71. The maximum Gasteiger partial charge on any atom is 0.314 e. The van der Waals surface area contributed by atoms with Gasteiger partial charge in [-0.15, -0.1) is 0 Å². The van der Waals surface area contributed by atoms with Gasteiger partial charge in [-0.05, 0) is 18.2 Å². The molecule has 156 valence electrons. The van der Waals surface area contributed by atoms with E-state index in [1.54, 1.807) is 31.2 Å². The summed E-state index contributed by atoms with van der Waals surface area (Å²) in [6.07, 6.45) is -1.05. The molecule has 0 aliphatic carbocycles. The number of ketones is 2. The van der Waals surface area contributed by atoms with Crippen LogP contribution >= 0.6 is 15.9 Å². The van der Waals surface area contributed by atoms with Gasteiger partial charge in [-0.1, -0.05) is 47.1 Å². The number of nitrogens with zero attached hydrogens (tertiary/aromatic N) is 1. The highest BCUT2D eigenvalue weighted by Crippen LogP contribution is 2.20. The molecule has 0 saturated carbocycles. The van der Waals surface area contributed by atoms with Crippen molar-refractivity contribution in [3.63, 3.8) is 0 Å². The lowest BCUT2D eigenvalue weighted by molar-refractivity contribution is -0.385. The van der Waals surface area contributed by atoms with Gasteiger partial charge in [0.05, 0.1) is 23.3 Å². The van der Waals surface area contributed by atoms with Crippen LogP contribution in [0.25, 0.3) is 0 Å². The van der Waals surface area contributed by atoms with Crippen molar-refractivity contribution >= 4 is 45.1 Å². The van der Waals surface area contributed by atoms with Crippen molar-refractivity contribution in [2.75, 3.05) is 0 Å². The second-order valence-corrected chi connectivity index (χ2v) is 7.44. The first-order valence-electron chi connectivity index (χ1n) is 8.99. The van der Waals surface area contributed by atoms with Crippen LogP contribution in [0.3, 0.4) is 0 Å². The minimum atomic E-state index is -0.935. The predicted molar refractivity (Wildman–Crippen MR) is 110 cm³/mol. The fraction of sp³-hybridized carbons (Fsp3) is 0.238. The predicted octanol–water partition coefficient (Wildman–Crippen LogP) is 4.30. The molecule has 2 aromatic carbocycles. The Morgan fingerprint density at radius 1 is 1.00 bits per heavy atom. The number of ether oxygens (including phenoxy) is 1. The number of nitro benzene ring substituents is 1. The third-order valence-electron chi connectivity index (χ3n) is 4.23. The number of para-hydroxylation sites is 1. The zero-order chi connectivity index (χ0) is 22.3. The Labute approximate surface area is 180 Å². The van der Waals surface area contributed by atoms with E-state index in [9.17, 15) is 29.3 Å². The molecule has 2 aromatic rings. The number of esters is 2. The number of nitro groups is 1. The van der Waals surface area contributed by atoms with Crippen LogP contribution in [0.15, 0.2) is 53.0 Å². The molecule has 0 fully saturated rings. The van der Waals surface area contributed by atoms with E-state index in [0.717, 1.165) is 4.47 Å². The van der Waals surface area contributed by atoms with Crippen molar-refractivity contribution < 1.29 is 28.8 Å². The number of rotatable bonds is 9. The van der Waals surface area contributed by atoms with E-state index in [0.29, 0.717) is 5.56 Å². The molecule has 1 unspecified atom stereocenters. The summed E-state index contributed by atoms with van der Waals surface area (Å²) in [6.45, 7) is 1.55. The van der Waals surface area contributed by atoms with E-state index < -0.39 is 35.0 Å². The molecular weight excluding hydrogens is 458 g/mol. The smallest absolute Gasteiger partial charge is 0.314 e. The van der Waals surface area contributed by atoms with E-state index in [1.807, 2.05) is 0 Å². The Hall–Kier alpha value is -3.20. The van der Waals surface area contributed by atoms with E-state index in [-0.39, 0.29) is 29.9 Å². The minimum Gasteiger partial charge on any atom is -0.393 e. The molecule has 0 radical (unpaired) electrons. The lowest BCUT2D eigenvalue weighted by Crippen LogP contribution is -2.20. The van der Waals surface area contributed by atoms with Crippen LogP contribution in [-0.2, 0) is 14.3 Å². The Kier molecular flexibility index (Phi) is 8.11. The van der Waals surface area contributed by atoms with Crippen LogP contribution in [0.2, 0.25) is 0 Å². The van der Waals surface area contributed by atoms with E-state index >= 15 is 0 Å². The average molecular weight is 476 g/mol. The van der Waals surface area contributed by atoms with E-state index in [2.05, 4.69) is 20.7 Å². The van der Waals surface area contributed by atoms with Gasteiger partial charge in [-0.25, -0.2) is 0 Å². The molecular formula is C21H18BrNO7. The van der Waals surface area contributed by atoms with Crippen LogP contribution in [0.4, 0.5) is 5.69 Å². The van der Waals surface area contributed by atoms with Gasteiger partial charge >= 0.3 is 11.9 Å². The van der Waals surface area contributed by atoms with Crippen molar-refractivity contribution in [2.24, 2.45) is 5.92 Å². The van der Waals surface area contributed by atoms with Crippen LogP contribution < -0.4 is 0 Å². The first-order chi connectivity index (χ1) is 14.2. The van der Waals surface area contributed by atoms with Gasteiger partial charge < -0.3 is 4.74 Å². The summed E-state index contributed by atoms with van der Waals surface area (Å²) >= 11 is 3.27. The summed E-state index contributed by atoms with van der Waals surface area (Å²) < 4.78 is 5.48. The molecule has 30 heavy (non-hydrogen) atoms. The standard InChI is InChI=1S/C21H18BrNO7/c1-13(21(27)14-6-8-15(22)9-7-14)12-20(26)30-19(25)11-10-18(24)16-4-2-3-5-17(16)23(28)29/h2-9,13H,10-12H2,1H3. The molecule has 0 heterocycles. The molecule has 0 saturated heterocycles. The molecule has 1 atom stereocenters. The number of carbonyl (C=O) groups is 4. The highest BCUT2D eigenvalue weighted by molar-refractivity contribution is 9.10. The Morgan fingerprint density at radius 3 is 2.27 bits per heavy atom. The Bertz CT molecular complexity index is 985. The van der Waals surface area contributed by atoms with Crippen LogP contribution in [0, 0.1) is 16.0 Å². The van der Waals surface area contributed by atoms with Gasteiger partial charge in [-0.3, -0.25) is 29.3 Å². The summed E-state index contributed by atoms with van der Waals surface area (Å²) in [5.41, 5.74) is -0.0394. The van der Waals surface area contributed by atoms with Gasteiger partial charge in [0.15, 0.2) is 11.6 Å². The molecule has 0 spiro atoms. The summed E-state index contributed by atoms with van der Waals surface area (Å²) in [5, 5.41) is 11.0. The van der Waals surface area contributed by atoms with Gasteiger partial charge in [0.1, 0.15) is 0 Å². The van der Waals surface area contributed by atoms with Crippen molar-refractivity contribution in [1.82, 2.24) is 0 Å². The molecule has 0 bridgehead atoms. The molecule has 0 aliphatic rings. The molecule has 8 nitrogen and oxygen atoms in total. The maximum absolute atomic E-state index is 12.3. The third-order valence-corrected chi connectivity index (χ3v) is 4.76. The number of hydrogen-bond donors (Lipinski definition) is 0. The second kappa shape index (κ2) is 10.5. The first-order valence-corrected chi connectivity index (χ1v) is 9.78. The monoisotopic (exact) mass is 475 g/mol. The highest BCUT2D eigenvalue weighted by Gasteiger charge is 2.23.